The van der Waals surface area contributed by atoms with Gasteiger partial charge in [0.2, 0.25) is 0 Å². The first kappa shape index (κ1) is 94.2. The summed E-state index contributed by atoms with van der Waals surface area (Å²) in [6, 6.07) is 0. The number of ether oxygens (including phenoxy) is 4. The van der Waals surface area contributed by atoms with Gasteiger partial charge < -0.3 is 33.8 Å². The monoisotopic (exact) mass is 1420 g/mol. The SMILES string of the molecule is CC/C=C\C/C=C\C/C=C\C/C=C\C/C=C\CCCC(=O)OCC(COP(=O)(O)OCC(O)COP(=O)(O)OCC(COC(=O)CCCCCCC/C=C\CCCCCCCC)OC(=O)CCCCCCC/C=C\CCCCCC)OC(=O)CCCCCCCCCCCCCCC. The zero-order chi connectivity index (χ0) is 71.8. The molecule has 0 aromatic rings. The fourth-order valence-corrected chi connectivity index (χ4v) is 12.0. The fraction of sp³-hybridized carbons (Fsp3) is 0.772. The van der Waals surface area contributed by atoms with E-state index in [-0.39, 0.29) is 25.7 Å². The second-order valence-electron chi connectivity index (χ2n) is 25.9. The van der Waals surface area contributed by atoms with Crippen LogP contribution < -0.4 is 0 Å². The van der Waals surface area contributed by atoms with Gasteiger partial charge in [-0.2, -0.15) is 0 Å². The van der Waals surface area contributed by atoms with Crippen molar-refractivity contribution in [3.63, 3.8) is 0 Å². The Morgan fingerprint density at radius 2 is 0.541 bits per heavy atom. The predicted octanol–water partition coefficient (Wildman–Crippen LogP) is 22.2. The van der Waals surface area contributed by atoms with Crippen molar-refractivity contribution in [3.05, 3.63) is 85.1 Å². The normalized spacial score (nSPS) is 14.4. The second kappa shape index (κ2) is 71.6. The molecule has 5 atom stereocenters. The van der Waals surface area contributed by atoms with Crippen molar-refractivity contribution >= 4 is 39.5 Å². The van der Waals surface area contributed by atoms with Crippen LogP contribution in [0.2, 0.25) is 0 Å². The lowest BCUT2D eigenvalue weighted by Gasteiger charge is -2.21. The van der Waals surface area contributed by atoms with Gasteiger partial charge in [0, 0.05) is 25.7 Å². The molecule has 98 heavy (non-hydrogen) atoms. The van der Waals surface area contributed by atoms with Gasteiger partial charge >= 0.3 is 39.5 Å². The Hall–Kier alpha value is -3.76. The molecule has 0 aromatic carbocycles. The average Bonchev–Trinajstić information content (AvgIpc) is 0.969. The van der Waals surface area contributed by atoms with Crippen molar-refractivity contribution in [1.29, 1.82) is 0 Å². The molecule has 0 spiro atoms. The van der Waals surface area contributed by atoms with E-state index in [2.05, 4.69) is 101 Å². The number of aliphatic hydroxyl groups is 1. The first-order valence-electron chi connectivity index (χ1n) is 38.8. The van der Waals surface area contributed by atoms with E-state index in [1.54, 1.807) is 0 Å². The molecular formula is C79H140O17P2. The van der Waals surface area contributed by atoms with Crippen LogP contribution in [0.4, 0.5) is 0 Å². The van der Waals surface area contributed by atoms with Crippen LogP contribution in [0.1, 0.15) is 336 Å². The van der Waals surface area contributed by atoms with E-state index in [1.165, 1.54) is 116 Å². The third kappa shape index (κ3) is 70.7. The number of aliphatic hydroxyl groups excluding tert-OH is 1. The third-order valence-electron chi connectivity index (χ3n) is 16.3. The molecule has 0 amide bonds. The van der Waals surface area contributed by atoms with Gasteiger partial charge in [-0.05, 0) is 116 Å². The molecule has 568 valence electrons. The number of phosphoric acid groups is 2. The summed E-state index contributed by atoms with van der Waals surface area (Å²) in [6.07, 6.45) is 72.9. The fourth-order valence-electron chi connectivity index (χ4n) is 10.4. The van der Waals surface area contributed by atoms with Crippen LogP contribution in [-0.2, 0) is 65.4 Å². The molecule has 0 aromatic heterocycles. The lowest BCUT2D eigenvalue weighted by atomic mass is 10.0. The van der Waals surface area contributed by atoms with Crippen molar-refractivity contribution in [2.45, 2.75) is 354 Å². The molecule has 0 heterocycles. The standard InChI is InChI=1S/C79H140O17P2/c1-5-9-13-17-21-25-29-33-35-36-38-42-44-48-52-56-60-64-77(82)90-70-75(96-79(84)66-62-58-54-50-46-40-32-28-24-20-16-12-8-4)72-94-98(87,88)92-68-73(80)67-91-97(85,86)93-71-74(95-78(83)65-61-57-53-49-45-39-31-27-23-19-15-11-7-3)69-89-76(81)63-59-55-51-47-43-41-37-34-30-26-22-18-14-10-6-2/h9,13,21,25,27,31,33-35,37-38,42,48,52,73-75,80H,5-8,10-12,14-20,22-24,26,28-30,32,36,39-41,43-47,49-51,53-72H2,1-4H3,(H,85,86)(H,87,88)/b13-9-,25-21-,31-27-,35-33-,37-34-,42-38-,52-48-. The maximum atomic E-state index is 13.1. The highest BCUT2D eigenvalue weighted by atomic mass is 31.2. The average molecular weight is 1420 g/mol. The number of unbranched alkanes of at least 4 members (excludes halogenated alkanes) is 33. The van der Waals surface area contributed by atoms with Crippen LogP contribution >= 0.6 is 15.6 Å². The maximum Gasteiger partial charge on any atom is 0.472 e. The number of carbonyl (C=O) groups excluding carboxylic acids is 4. The molecule has 0 saturated heterocycles. The molecule has 0 saturated carbocycles. The van der Waals surface area contributed by atoms with E-state index in [9.17, 15) is 43.2 Å². The van der Waals surface area contributed by atoms with E-state index in [0.717, 1.165) is 135 Å². The number of hydrogen-bond donors (Lipinski definition) is 3. The van der Waals surface area contributed by atoms with E-state index >= 15 is 0 Å². The van der Waals surface area contributed by atoms with Gasteiger partial charge in [-0.25, -0.2) is 9.13 Å². The Labute approximate surface area is 595 Å². The molecule has 0 rings (SSSR count). The highest BCUT2D eigenvalue weighted by molar-refractivity contribution is 7.47. The van der Waals surface area contributed by atoms with Gasteiger partial charge in [0.1, 0.15) is 19.3 Å². The number of esters is 4. The zero-order valence-electron chi connectivity index (χ0n) is 62.0. The Kier molecular flexibility index (Phi) is 68.9. The highest BCUT2D eigenvalue weighted by Gasteiger charge is 2.30. The summed E-state index contributed by atoms with van der Waals surface area (Å²) in [5.74, 6) is -2.24. The molecule has 17 nitrogen and oxygen atoms in total. The van der Waals surface area contributed by atoms with Crippen LogP contribution in [0.5, 0.6) is 0 Å². The Morgan fingerprint density at radius 3 is 0.878 bits per heavy atom. The molecule has 3 N–H and O–H groups in total. The number of allylic oxidation sites excluding steroid dienone is 14. The van der Waals surface area contributed by atoms with Gasteiger partial charge in [0.15, 0.2) is 12.2 Å². The molecule has 0 aliphatic heterocycles. The first-order valence-corrected chi connectivity index (χ1v) is 41.8. The number of carbonyl (C=O) groups is 4. The van der Waals surface area contributed by atoms with Gasteiger partial charge in [-0.3, -0.25) is 37.3 Å². The molecule has 0 aliphatic rings. The summed E-state index contributed by atoms with van der Waals surface area (Å²) < 4.78 is 68.4. The summed E-state index contributed by atoms with van der Waals surface area (Å²) in [5, 5.41) is 10.6. The van der Waals surface area contributed by atoms with Crippen molar-refractivity contribution in [2.75, 3.05) is 39.6 Å². The van der Waals surface area contributed by atoms with E-state index in [4.69, 9.17) is 37.0 Å². The van der Waals surface area contributed by atoms with Gasteiger partial charge in [-0.15, -0.1) is 0 Å². The predicted molar refractivity (Wildman–Crippen MR) is 399 cm³/mol. The van der Waals surface area contributed by atoms with Crippen LogP contribution in [0.3, 0.4) is 0 Å². The summed E-state index contributed by atoms with van der Waals surface area (Å²) in [6.45, 7) is 4.69. The quantitative estimate of drug-likeness (QED) is 0.0169. The molecule has 0 fully saturated rings. The molecule has 5 unspecified atom stereocenters. The Morgan fingerprint density at radius 1 is 0.296 bits per heavy atom. The first-order chi connectivity index (χ1) is 47.7. The van der Waals surface area contributed by atoms with E-state index in [1.807, 2.05) is 12.2 Å². The minimum Gasteiger partial charge on any atom is -0.462 e. The number of rotatable bonds is 73. The van der Waals surface area contributed by atoms with Gasteiger partial charge in [0.05, 0.1) is 26.4 Å². The molecule has 19 heteroatoms. The van der Waals surface area contributed by atoms with Crippen molar-refractivity contribution in [2.24, 2.45) is 0 Å². The van der Waals surface area contributed by atoms with Crippen LogP contribution in [0.15, 0.2) is 85.1 Å². The largest absolute Gasteiger partial charge is 0.472 e. The maximum absolute atomic E-state index is 13.1. The molecule has 0 radical (unpaired) electrons. The zero-order valence-corrected chi connectivity index (χ0v) is 63.7. The van der Waals surface area contributed by atoms with Gasteiger partial charge in [-0.1, -0.05) is 280 Å². The van der Waals surface area contributed by atoms with E-state index in [0.29, 0.717) is 32.1 Å². The highest BCUT2D eigenvalue weighted by Crippen LogP contribution is 2.45. The molecular weight excluding hydrogens is 1280 g/mol. The Balaban J connectivity index is 5.37. The van der Waals surface area contributed by atoms with Crippen molar-refractivity contribution < 1.29 is 80.2 Å². The summed E-state index contributed by atoms with van der Waals surface area (Å²) >= 11 is 0. The minimum absolute atomic E-state index is 0.0845. The lowest BCUT2D eigenvalue weighted by Crippen LogP contribution is -2.30. The minimum atomic E-state index is -4.98. The molecule has 0 aliphatic carbocycles. The van der Waals surface area contributed by atoms with Crippen LogP contribution in [0.25, 0.3) is 0 Å². The summed E-state index contributed by atoms with van der Waals surface area (Å²) in [7, 11) is -9.96. The lowest BCUT2D eigenvalue weighted by molar-refractivity contribution is -0.161. The topological polar surface area (TPSA) is 237 Å². The van der Waals surface area contributed by atoms with Crippen LogP contribution in [0, 0.1) is 0 Å². The second-order valence-corrected chi connectivity index (χ2v) is 28.8. The number of hydrogen-bond acceptors (Lipinski definition) is 15. The number of phosphoric ester groups is 2. The Bertz CT molecular complexity index is 2190. The smallest absolute Gasteiger partial charge is 0.462 e. The van der Waals surface area contributed by atoms with Crippen molar-refractivity contribution in [1.82, 2.24) is 0 Å². The van der Waals surface area contributed by atoms with Gasteiger partial charge in [0.25, 0.3) is 0 Å². The van der Waals surface area contributed by atoms with Crippen LogP contribution in [-0.4, -0.2) is 96.7 Å². The summed E-state index contributed by atoms with van der Waals surface area (Å²) in [4.78, 5) is 72.8. The van der Waals surface area contributed by atoms with Crippen molar-refractivity contribution in [3.8, 4) is 0 Å². The van der Waals surface area contributed by atoms with E-state index < -0.39 is 97.5 Å². The third-order valence-corrected chi connectivity index (χ3v) is 18.2. The molecule has 0 bridgehead atoms. The summed E-state index contributed by atoms with van der Waals surface area (Å²) in [5.41, 5.74) is 0.